The topological polar surface area (TPSA) is 50.4 Å². The Kier molecular flexibility index (Phi) is 7.21. The molecule has 0 aromatic carbocycles. The first-order valence-corrected chi connectivity index (χ1v) is 6.86. The molecule has 1 aliphatic rings. The third-order valence-electron chi connectivity index (χ3n) is 3.16. The molecule has 1 aliphatic heterocycles. The molecule has 1 saturated heterocycles. The second-order valence-corrected chi connectivity index (χ2v) is 4.74. The van der Waals surface area contributed by atoms with Gasteiger partial charge in [-0.25, -0.2) is 0 Å². The van der Waals surface area contributed by atoms with Gasteiger partial charge in [-0.05, 0) is 39.2 Å². The van der Waals surface area contributed by atoms with Crippen molar-refractivity contribution in [3.8, 4) is 0 Å². The van der Waals surface area contributed by atoms with E-state index in [1.807, 2.05) is 6.92 Å². The Bertz CT molecular complexity index is 215. The highest BCUT2D eigenvalue weighted by molar-refractivity contribution is 5.81. The van der Waals surface area contributed by atoms with Crippen molar-refractivity contribution in [3.05, 3.63) is 0 Å². The SMILES string of the molecule is CCCCNC(=O)C(C)NCCC1CCCO1. The quantitative estimate of drug-likeness (QED) is 0.633. The zero-order valence-corrected chi connectivity index (χ0v) is 11.1. The summed E-state index contributed by atoms with van der Waals surface area (Å²) in [5.41, 5.74) is 0. The summed E-state index contributed by atoms with van der Waals surface area (Å²) in [5, 5.41) is 6.17. The molecule has 2 atom stereocenters. The van der Waals surface area contributed by atoms with Crippen LogP contribution in [0.4, 0.5) is 0 Å². The molecular formula is C13H26N2O2. The molecule has 100 valence electrons. The minimum absolute atomic E-state index is 0.103. The zero-order valence-electron chi connectivity index (χ0n) is 11.1. The van der Waals surface area contributed by atoms with E-state index in [4.69, 9.17) is 4.74 Å². The molecule has 0 aliphatic carbocycles. The first-order chi connectivity index (χ1) is 8.24. The molecule has 1 fully saturated rings. The van der Waals surface area contributed by atoms with E-state index in [0.29, 0.717) is 6.10 Å². The minimum atomic E-state index is -0.103. The number of nitrogens with one attached hydrogen (secondary N) is 2. The largest absolute Gasteiger partial charge is 0.378 e. The van der Waals surface area contributed by atoms with E-state index in [9.17, 15) is 4.79 Å². The van der Waals surface area contributed by atoms with Crippen molar-refractivity contribution >= 4 is 5.91 Å². The van der Waals surface area contributed by atoms with Crippen LogP contribution in [0.5, 0.6) is 0 Å². The number of carbonyl (C=O) groups is 1. The Labute approximate surface area is 104 Å². The summed E-state index contributed by atoms with van der Waals surface area (Å²) in [6.07, 6.45) is 5.91. The summed E-state index contributed by atoms with van der Waals surface area (Å²) in [6, 6.07) is -0.103. The molecular weight excluding hydrogens is 216 g/mol. The maximum absolute atomic E-state index is 11.6. The average molecular weight is 242 g/mol. The number of rotatable bonds is 8. The van der Waals surface area contributed by atoms with Crippen LogP contribution in [0.3, 0.4) is 0 Å². The Morgan fingerprint density at radius 2 is 2.29 bits per heavy atom. The lowest BCUT2D eigenvalue weighted by Crippen LogP contribution is -2.43. The van der Waals surface area contributed by atoms with Gasteiger partial charge < -0.3 is 15.4 Å². The van der Waals surface area contributed by atoms with Crippen LogP contribution >= 0.6 is 0 Å². The molecule has 2 unspecified atom stereocenters. The third-order valence-corrected chi connectivity index (χ3v) is 3.16. The van der Waals surface area contributed by atoms with E-state index in [0.717, 1.165) is 39.0 Å². The molecule has 0 aromatic heterocycles. The van der Waals surface area contributed by atoms with Gasteiger partial charge in [0.05, 0.1) is 12.1 Å². The molecule has 0 aromatic rings. The van der Waals surface area contributed by atoms with Crippen molar-refractivity contribution in [2.24, 2.45) is 0 Å². The third kappa shape index (κ3) is 6.03. The first-order valence-electron chi connectivity index (χ1n) is 6.86. The zero-order chi connectivity index (χ0) is 12.5. The molecule has 0 spiro atoms. The Balaban J connectivity index is 2.02. The van der Waals surface area contributed by atoms with Gasteiger partial charge in [-0.3, -0.25) is 4.79 Å². The van der Waals surface area contributed by atoms with Gasteiger partial charge in [-0.2, -0.15) is 0 Å². The van der Waals surface area contributed by atoms with E-state index >= 15 is 0 Å². The van der Waals surface area contributed by atoms with Crippen LogP contribution in [0.15, 0.2) is 0 Å². The number of hydrogen-bond acceptors (Lipinski definition) is 3. The number of amides is 1. The van der Waals surface area contributed by atoms with Crippen molar-refractivity contribution in [2.45, 2.75) is 58.1 Å². The monoisotopic (exact) mass is 242 g/mol. The standard InChI is InChI=1S/C13H26N2O2/c1-3-4-8-15-13(16)11(2)14-9-7-12-6-5-10-17-12/h11-12,14H,3-10H2,1-2H3,(H,15,16). The second kappa shape index (κ2) is 8.48. The predicted octanol–water partition coefficient (Wildman–Crippen LogP) is 1.45. The molecule has 4 heteroatoms. The van der Waals surface area contributed by atoms with Gasteiger partial charge in [0.1, 0.15) is 0 Å². The van der Waals surface area contributed by atoms with Gasteiger partial charge in [0.25, 0.3) is 0 Å². The molecule has 0 bridgehead atoms. The summed E-state index contributed by atoms with van der Waals surface area (Å²) in [5.74, 6) is 0.103. The summed E-state index contributed by atoms with van der Waals surface area (Å²) in [4.78, 5) is 11.6. The van der Waals surface area contributed by atoms with Gasteiger partial charge >= 0.3 is 0 Å². The van der Waals surface area contributed by atoms with E-state index in [1.54, 1.807) is 0 Å². The lowest BCUT2D eigenvalue weighted by atomic mass is 10.2. The molecule has 4 nitrogen and oxygen atoms in total. The van der Waals surface area contributed by atoms with Gasteiger partial charge in [-0.1, -0.05) is 13.3 Å². The number of unbranched alkanes of at least 4 members (excludes halogenated alkanes) is 1. The fourth-order valence-electron chi connectivity index (χ4n) is 1.97. The molecule has 0 radical (unpaired) electrons. The minimum Gasteiger partial charge on any atom is -0.378 e. The summed E-state index contributed by atoms with van der Waals surface area (Å²) in [7, 11) is 0. The van der Waals surface area contributed by atoms with E-state index in [2.05, 4.69) is 17.6 Å². The number of ether oxygens (including phenoxy) is 1. The van der Waals surface area contributed by atoms with Crippen LogP contribution in [-0.4, -0.2) is 37.7 Å². The highest BCUT2D eigenvalue weighted by Gasteiger charge is 2.16. The van der Waals surface area contributed by atoms with Crippen LogP contribution in [0, 0.1) is 0 Å². The normalized spacial score (nSPS) is 21.4. The molecule has 2 N–H and O–H groups in total. The van der Waals surface area contributed by atoms with Crippen molar-refractivity contribution in [2.75, 3.05) is 19.7 Å². The molecule has 0 saturated carbocycles. The van der Waals surface area contributed by atoms with Crippen LogP contribution in [0.1, 0.15) is 46.0 Å². The smallest absolute Gasteiger partial charge is 0.236 e. The summed E-state index contributed by atoms with van der Waals surface area (Å²) < 4.78 is 5.53. The van der Waals surface area contributed by atoms with E-state index in [-0.39, 0.29) is 11.9 Å². The maximum atomic E-state index is 11.6. The lowest BCUT2D eigenvalue weighted by molar-refractivity contribution is -0.122. The van der Waals surface area contributed by atoms with Gasteiger partial charge in [0.2, 0.25) is 5.91 Å². The van der Waals surface area contributed by atoms with Crippen LogP contribution in [0.2, 0.25) is 0 Å². The number of carbonyl (C=O) groups excluding carboxylic acids is 1. The van der Waals surface area contributed by atoms with Crippen LogP contribution < -0.4 is 10.6 Å². The summed E-state index contributed by atoms with van der Waals surface area (Å²) in [6.45, 7) is 6.57. The van der Waals surface area contributed by atoms with Crippen molar-refractivity contribution in [1.82, 2.24) is 10.6 Å². The van der Waals surface area contributed by atoms with Crippen LogP contribution in [0.25, 0.3) is 0 Å². The maximum Gasteiger partial charge on any atom is 0.236 e. The fraction of sp³-hybridized carbons (Fsp3) is 0.923. The Morgan fingerprint density at radius 1 is 1.47 bits per heavy atom. The van der Waals surface area contributed by atoms with Gasteiger partial charge in [-0.15, -0.1) is 0 Å². The van der Waals surface area contributed by atoms with E-state index in [1.165, 1.54) is 12.8 Å². The number of hydrogen-bond donors (Lipinski definition) is 2. The fourth-order valence-corrected chi connectivity index (χ4v) is 1.97. The molecule has 17 heavy (non-hydrogen) atoms. The average Bonchev–Trinajstić information content (AvgIpc) is 2.82. The molecule has 1 amide bonds. The van der Waals surface area contributed by atoms with E-state index < -0.39 is 0 Å². The lowest BCUT2D eigenvalue weighted by Gasteiger charge is -2.15. The Morgan fingerprint density at radius 3 is 2.94 bits per heavy atom. The summed E-state index contributed by atoms with van der Waals surface area (Å²) >= 11 is 0. The molecule has 1 rings (SSSR count). The first kappa shape index (κ1) is 14.5. The highest BCUT2D eigenvalue weighted by atomic mass is 16.5. The van der Waals surface area contributed by atoms with Crippen molar-refractivity contribution in [3.63, 3.8) is 0 Å². The Hall–Kier alpha value is -0.610. The molecule has 1 heterocycles. The van der Waals surface area contributed by atoms with Crippen LogP contribution in [-0.2, 0) is 9.53 Å². The van der Waals surface area contributed by atoms with Gasteiger partial charge in [0, 0.05) is 13.2 Å². The van der Waals surface area contributed by atoms with Crippen molar-refractivity contribution in [1.29, 1.82) is 0 Å². The second-order valence-electron chi connectivity index (χ2n) is 4.74. The predicted molar refractivity (Wildman–Crippen MR) is 69.0 cm³/mol. The van der Waals surface area contributed by atoms with Crippen molar-refractivity contribution < 1.29 is 9.53 Å². The highest BCUT2D eigenvalue weighted by Crippen LogP contribution is 2.14. The van der Waals surface area contributed by atoms with Gasteiger partial charge in [0.15, 0.2) is 0 Å².